The Hall–Kier alpha value is -2.04. The molecule has 0 aliphatic heterocycles. The molecule has 1 amide bonds. The number of aliphatic carboxylic acids is 1. The van der Waals surface area contributed by atoms with Crippen molar-refractivity contribution in [1.82, 2.24) is 5.32 Å². The molecule has 21 heavy (non-hydrogen) atoms. The van der Waals surface area contributed by atoms with Gasteiger partial charge in [-0.1, -0.05) is 24.6 Å². The molecule has 0 bridgehead atoms. The van der Waals surface area contributed by atoms with Crippen LogP contribution >= 0.6 is 0 Å². The SMILES string of the molecule is Nc1ccccc1CCC(=O)NC1CCCC(C(=O)O)C1. The maximum absolute atomic E-state index is 12.0. The fraction of sp³-hybridized carbons (Fsp3) is 0.500. The molecular weight excluding hydrogens is 268 g/mol. The van der Waals surface area contributed by atoms with E-state index in [-0.39, 0.29) is 17.9 Å². The van der Waals surface area contributed by atoms with Crippen LogP contribution in [0.4, 0.5) is 5.69 Å². The van der Waals surface area contributed by atoms with Gasteiger partial charge in [0.15, 0.2) is 0 Å². The van der Waals surface area contributed by atoms with Gasteiger partial charge in [-0.3, -0.25) is 9.59 Å². The Morgan fingerprint density at radius 1 is 1.29 bits per heavy atom. The maximum atomic E-state index is 12.0. The van der Waals surface area contributed by atoms with Gasteiger partial charge in [0.1, 0.15) is 0 Å². The van der Waals surface area contributed by atoms with E-state index in [0.717, 1.165) is 18.4 Å². The molecule has 4 N–H and O–H groups in total. The van der Waals surface area contributed by atoms with Crippen molar-refractivity contribution in [2.45, 2.75) is 44.6 Å². The third kappa shape index (κ3) is 4.48. The molecule has 1 aromatic rings. The third-order valence-corrected chi connectivity index (χ3v) is 4.07. The Morgan fingerprint density at radius 2 is 2.05 bits per heavy atom. The topological polar surface area (TPSA) is 92.4 Å². The zero-order chi connectivity index (χ0) is 15.2. The Bertz CT molecular complexity index is 516. The van der Waals surface area contributed by atoms with Crippen LogP contribution in [0.25, 0.3) is 0 Å². The highest BCUT2D eigenvalue weighted by Crippen LogP contribution is 2.24. The molecular formula is C16H22N2O3. The average Bonchev–Trinajstić information content (AvgIpc) is 2.46. The van der Waals surface area contributed by atoms with Crippen molar-refractivity contribution < 1.29 is 14.7 Å². The number of nitrogen functional groups attached to an aromatic ring is 1. The second-order valence-corrected chi connectivity index (χ2v) is 5.67. The minimum absolute atomic E-state index is 0.0135. The number of nitrogens with two attached hydrogens (primary N) is 1. The summed E-state index contributed by atoms with van der Waals surface area (Å²) in [6.45, 7) is 0. The maximum Gasteiger partial charge on any atom is 0.306 e. The van der Waals surface area contributed by atoms with Crippen molar-refractivity contribution in [2.24, 2.45) is 5.92 Å². The van der Waals surface area contributed by atoms with Crippen LogP contribution in [0.15, 0.2) is 24.3 Å². The molecule has 1 aliphatic carbocycles. The minimum Gasteiger partial charge on any atom is -0.481 e. The summed E-state index contributed by atoms with van der Waals surface area (Å²) in [5.41, 5.74) is 7.52. The van der Waals surface area contributed by atoms with Gasteiger partial charge in [0.2, 0.25) is 5.91 Å². The van der Waals surface area contributed by atoms with E-state index in [4.69, 9.17) is 10.8 Å². The van der Waals surface area contributed by atoms with E-state index >= 15 is 0 Å². The quantitative estimate of drug-likeness (QED) is 0.723. The number of aryl methyl sites for hydroxylation is 1. The van der Waals surface area contributed by atoms with Crippen molar-refractivity contribution in [1.29, 1.82) is 0 Å². The normalized spacial score (nSPS) is 21.7. The van der Waals surface area contributed by atoms with E-state index in [0.29, 0.717) is 31.4 Å². The number of nitrogens with one attached hydrogen (secondary N) is 1. The van der Waals surface area contributed by atoms with E-state index in [1.807, 2.05) is 24.3 Å². The van der Waals surface area contributed by atoms with Crippen LogP contribution in [-0.2, 0) is 16.0 Å². The van der Waals surface area contributed by atoms with Gasteiger partial charge < -0.3 is 16.2 Å². The number of carbonyl (C=O) groups excluding carboxylic acids is 1. The van der Waals surface area contributed by atoms with Crippen molar-refractivity contribution in [2.75, 3.05) is 5.73 Å². The summed E-state index contributed by atoms with van der Waals surface area (Å²) in [7, 11) is 0. The van der Waals surface area contributed by atoms with Gasteiger partial charge in [-0.25, -0.2) is 0 Å². The van der Waals surface area contributed by atoms with Gasteiger partial charge >= 0.3 is 5.97 Å². The van der Waals surface area contributed by atoms with Crippen LogP contribution in [0.5, 0.6) is 0 Å². The number of carbonyl (C=O) groups is 2. The molecule has 0 saturated heterocycles. The first-order valence-corrected chi connectivity index (χ1v) is 7.42. The van der Waals surface area contributed by atoms with Crippen LogP contribution in [-0.4, -0.2) is 23.0 Å². The highest BCUT2D eigenvalue weighted by molar-refractivity contribution is 5.77. The van der Waals surface area contributed by atoms with E-state index < -0.39 is 5.97 Å². The number of rotatable bonds is 5. The van der Waals surface area contributed by atoms with Crippen LogP contribution in [0, 0.1) is 5.92 Å². The second-order valence-electron chi connectivity index (χ2n) is 5.67. The van der Waals surface area contributed by atoms with Crippen molar-refractivity contribution >= 4 is 17.6 Å². The van der Waals surface area contributed by atoms with Gasteiger partial charge in [-0.2, -0.15) is 0 Å². The first-order chi connectivity index (χ1) is 10.1. The number of para-hydroxylation sites is 1. The molecule has 1 aliphatic rings. The summed E-state index contributed by atoms with van der Waals surface area (Å²) >= 11 is 0. The summed E-state index contributed by atoms with van der Waals surface area (Å²) in [6, 6.07) is 7.51. The number of amides is 1. The lowest BCUT2D eigenvalue weighted by atomic mass is 9.85. The predicted octanol–water partition coefficient (Wildman–Crippen LogP) is 1.96. The Labute approximate surface area is 124 Å². The van der Waals surface area contributed by atoms with Crippen LogP contribution in [0.3, 0.4) is 0 Å². The molecule has 5 nitrogen and oxygen atoms in total. The van der Waals surface area contributed by atoms with Crippen LogP contribution in [0.2, 0.25) is 0 Å². The lowest BCUT2D eigenvalue weighted by Gasteiger charge is -2.27. The fourth-order valence-electron chi connectivity index (χ4n) is 2.86. The fourth-order valence-corrected chi connectivity index (χ4v) is 2.86. The largest absolute Gasteiger partial charge is 0.481 e. The van der Waals surface area contributed by atoms with E-state index in [1.54, 1.807) is 0 Å². The highest BCUT2D eigenvalue weighted by Gasteiger charge is 2.27. The summed E-state index contributed by atoms with van der Waals surface area (Å²) in [5.74, 6) is -1.12. The van der Waals surface area contributed by atoms with E-state index in [2.05, 4.69) is 5.32 Å². The molecule has 0 heterocycles. The lowest BCUT2D eigenvalue weighted by Crippen LogP contribution is -2.40. The number of anilines is 1. The predicted molar refractivity (Wildman–Crippen MR) is 80.7 cm³/mol. The van der Waals surface area contributed by atoms with Crippen molar-refractivity contribution in [3.05, 3.63) is 29.8 Å². The van der Waals surface area contributed by atoms with Gasteiger partial charge in [0.25, 0.3) is 0 Å². The Kier molecular flexibility index (Phi) is 5.20. The zero-order valence-corrected chi connectivity index (χ0v) is 12.0. The Balaban J connectivity index is 1.79. The summed E-state index contributed by atoms with van der Waals surface area (Å²) in [5, 5.41) is 12.0. The number of carboxylic acids is 1. The molecule has 0 radical (unpaired) electrons. The van der Waals surface area contributed by atoms with Gasteiger partial charge in [-0.15, -0.1) is 0 Å². The second kappa shape index (κ2) is 7.11. The first kappa shape index (κ1) is 15.4. The average molecular weight is 290 g/mol. The lowest BCUT2D eigenvalue weighted by molar-refractivity contribution is -0.143. The third-order valence-electron chi connectivity index (χ3n) is 4.07. The van der Waals surface area contributed by atoms with E-state index in [9.17, 15) is 9.59 Å². The van der Waals surface area contributed by atoms with E-state index in [1.165, 1.54) is 0 Å². The summed E-state index contributed by atoms with van der Waals surface area (Å²) in [4.78, 5) is 23.0. The highest BCUT2D eigenvalue weighted by atomic mass is 16.4. The molecule has 2 unspecified atom stereocenters. The standard InChI is InChI=1S/C16H22N2O3/c17-14-7-2-1-4-11(14)8-9-15(19)18-13-6-3-5-12(10-13)16(20)21/h1-2,4,7,12-13H,3,5-6,8-10,17H2,(H,18,19)(H,20,21). The van der Waals surface area contributed by atoms with Crippen LogP contribution in [0.1, 0.15) is 37.7 Å². The summed E-state index contributed by atoms with van der Waals surface area (Å²) in [6.07, 6.45) is 3.95. The molecule has 0 spiro atoms. The zero-order valence-electron chi connectivity index (χ0n) is 12.0. The molecule has 2 atom stereocenters. The smallest absolute Gasteiger partial charge is 0.306 e. The molecule has 0 aromatic heterocycles. The number of carboxylic acid groups (broad SMARTS) is 1. The minimum atomic E-state index is -0.758. The molecule has 5 heteroatoms. The van der Waals surface area contributed by atoms with Gasteiger partial charge in [-0.05, 0) is 37.3 Å². The van der Waals surface area contributed by atoms with Gasteiger partial charge in [0, 0.05) is 18.2 Å². The molecule has 1 fully saturated rings. The van der Waals surface area contributed by atoms with Crippen LogP contribution < -0.4 is 11.1 Å². The summed E-state index contributed by atoms with van der Waals surface area (Å²) < 4.78 is 0. The monoisotopic (exact) mass is 290 g/mol. The molecule has 1 saturated carbocycles. The number of hydrogen-bond acceptors (Lipinski definition) is 3. The molecule has 1 aromatic carbocycles. The number of benzene rings is 1. The van der Waals surface area contributed by atoms with Gasteiger partial charge in [0.05, 0.1) is 5.92 Å². The number of hydrogen-bond donors (Lipinski definition) is 3. The first-order valence-electron chi connectivity index (χ1n) is 7.42. The molecule has 114 valence electrons. The Morgan fingerprint density at radius 3 is 2.76 bits per heavy atom. The van der Waals surface area contributed by atoms with Crippen molar-refractivity contribution in [3.63, 3.8) is 0 Å². The molecule has 2 rings (SSSR count). The van der Waals surface area contributed by atoms with Crippen molar-refractivity contribution in [3.8, 4) is 0 Å².